The summed E-state index contributed by atoms with van der Waals surface area (Å²) in [5.74, 6) is 1.21. The molecule has 0 aliphatic rings. The molecule has 156 valence electrons. The largest absolute Gasteiger partial charge is 0.496 e. The topological polar surface area (TPSA) is 127 Å². The molecule has 0 aliphatic heterocycles. The molecule has 0 fully saturated rings. The van der Waals surface area contributed by atoms with Crippen LogP contribution >= 0.6 is 15.9 Å². The Kier molecular flexibility index (Phi) is 6.68. The van der Waals surface area contributed by atoms with Crippen LogP contribution < -0.4 is 15.4 Å². The van der Waals surface area contributed by atoms with Crippen LogP contribution in [-0.4, -0.2) is 46.6 Å². The number of benzene rings is 1. The SMILES string of the molecule is CCCNc1nc(NC(=O)OC)nc2c(Br)nn(Cc3ccc(C#N)cc3OC)c12. The van der Waals surface area contributed by atoms with Crippen LogP contribution in [0, 0.1) is 11.3 Å². The number of nitriles is 1. The highest BCUT2D eigenvalue weighted by Crippen LogP contribution is 2.30. The maximum Gasteiger partial charge on any atom is 0.413 e. The lowest BCUT2D eigenvalue weighted by Gasteiger charge is -2.12. The average Bonchev–Trinajstić information content (AvgIpc) is 3.07. The predicted octanol–water partition coefficient (Wildman–Crippen LogP) is 3.52. The van der Waals surface area contributed by atoms with Gasteiger partial charge in [-0.1, -0.05) is 13.0 Å². The number of anilines is 2. The Morgan fingerprint density at radius 3 is 2.80 bits per heavy atom. The molecule has 0 aliphatic carbocycles. The Morgan fingerprint density at radius 1 is 1.33 bits per heavy atom. The Hall–Kier alpha value is -3.39. The number of fused-ring (bicyclic) bond motifs is 1. The Labute approximate surface area is 181 Å². The summed E-state index contributed by atoms with van der Waals surface area (Å²) in [7, 11) is 2.82. The number of amides is 1. The fraction of sp³-hybridized carbons (Fsp3) is 0.316. The molecule has 1 aromatic carbocycles. The maximum absolute atomic E-state index is 11.6. The molecule has 0 unspecified atom stereocenters. The van der Waals surface area contributed by atoms with Crippen molar-refractivity contribution in [1.29, 1.82) is 5.26 Å². The van der Waals surface area contributed by atoms with Gasteiger partial charge in [0, 0.05) is 12.1 Å². The Bertz CT molecular complexity index is 1120. The van der Waals surface area contributed by atoms with E-state index < -0.39 is 6.09 Å². The van der Waals surface area contributed by atoms with Crippen molar-refractivity contribution in [3.05, 3.63) is 33.9 Å². The van der Waals surface area contributed by atoms with E-state index in [4.69, 9.17) is 10.00 Å². The minimum absolute atomic E-state index is 0.101. The van der Waals surface area contributed by atoms with Gasteiger partial charge in [0.15, 0.2) is 10.4 Å². The van der Waals surface area contributed by atoms with Crippen molar-refractivity contribution in [3.8, 4) is 11.8 Å². The number of hydrogen-bond donors (Lipinski definition) is 2. The van der Waals surface area contributed by atoms with Crippen LogP contribution in [0.25, 0.3) is 11.0 Å². The summed E-state index contributed by atoms with van der Waals surface area (Å²) >= 11 is 3.44. The van der Waals surface area contributed by atoms with Crippen LogP contribution in [-0.2, 0) is 11.3 Å². The fourth-order valence-electron chi connectivity index (χ4n) is 2.83. The van der Waals surface area contributed by atoms with E-state index in [0.717, 1.165) is 12.0 Å². The Morgan fingerprint density at radius 2 is 2.13 bits per heavy atom. The first-order valence-corrected chi connectivity index (χ1v) is 9.89. The minimum atomic E-state index is -0.665. The van der Waals surface area contributed by atoms with Crippen LogP contribution in [0.4, 0.5) is 16.6 Å². The number of carbonyl (C=O) groups is 1. The van der Waals surface area contributed by atoms with Crippen molar-refractivity contribution in [3.63, 3.8) is 0 Å². The molecule has 11 heteroatoms. The molecule has 0 saturated heterocycles. The van der Waals surface area contributed by atoms with Gasteiger partial charge in [-0.05, 0) is 34.5 Å². The van der Waals surface area contributed by atoms with Crippen molar-refractivity contribution in [2.75, 3.05) is 31.4 Å². The van der Waals surface area contributed by atoms with Crippen LogP contribution in [0.5, 0.6) is 5.75 Å². The van der Waals surface area contributed by atoms with E-state index in [9.17, 15) is 4.79 Å². The normalized spacial score (nSPS) is 10.5. The molecular weight excluding hydrogens is 454 g/mol. The van der Waals surface area contributed by atoms with Gasteiger partial charge in [0.05, 0.1) is 32.4 Å². The first-order valence-electron chi connectivity index (χ1n) is 9.10. The zero-order valence-corrected chi connectivity index (χ0v) is 18.3. The van der Waals surface area contributed by atoms with E-state index in [1.165, 1.54) is 7.11 Å². The number of nitrogens with zero attached hydrogens (tertiary/aromatic N) is 5. The van der Waals surface area contributed by atoms with Gasteiger partial charge in [-0.15, -0.1) is 0 Å². The van der Waals surface area contributed by atoms with E-state index in [2.05, 4.69) is 52.4 Å². The molecule has 30 heavy (non-hydrogen) atoms. The lowest BCUT2D eigenvalue weighted by molar-refractivity contribution is 0.186. The monoisotopic (exact) mass is 473 g/mol. The fourth-order valence-corrected chi connectivity index (χ4v) is 3.30. The van der Waals surface area contributed by atoms with Crippen LogP contribution in [0.2, 0.25) is 0 Å². The van der Waals surface area contributed by atoms with Gasteiger partial charge in [-0.3, -0.25) is 10.00 Å². The molecule has 10 nitrogen and oxygen atoms in total. The van der Waals surface area contributed by atoms with Crippen molar-refractivity contribution in [2.45, 2.75) is 19.9 Å². The number of ether oxygens (including phenoxy) is 2. The van der Waals surface area contributed by atoms with E-state index >= 15 is 0 Å². The van der Waals surface area contributed by atoms with E-state index in [-0.39, 0.29) is 5.95 Å². The van der Waals surface area contributed by atoms with Gasteiger partial charge in [0.25, 0.3) is 0 Å². The quantitative estimate of drug-likeness (QED) is 0.533. The third kappa shape index (κ3) is 4.44. The van der Waals surface area contributed by atoms with Crippen molar-refractivity contribution >= 4 is 44.8 Å². The van der Waals surface area contributed by atoms with Gasteiger partial charge in [0.2, 0.25) is 5.95 Å². The van der Waals surface area contributed by atoms with Gasteiger partial charge in [-0.2, -0.15) is 15.3 Å². The smallest absolute Gasteiger partial charge is 0.413 e. The van der Waals surface area contributed by atoms with Gasteiger partial charge < -0.3 is 14.8 Å². The molecule has 1 amide bonds. The molecule has 0 radical (unpaired) electrons. The lowest BCUT2D eigenvalue weighted by Crippen LogP contribution is -2.15. The number of methoxy groups -OCH3 is 2. The number of halogens is 1. The van der Waals surface area contributed by atoms with Gasteiger partial charge >= 0.3 is 6.09 Å². The molecule has 2 heterocycles. The van der Waals surface area contributed by atoms with Gasteiger partial charge in [0.1, 0.15) is 16.8 Å². The summed E-state index contributed by atoms with van der Waals surface area (Å²) in [5.41, 5.74) is 2.54. The number of hydrogen-bond acceptors (Lipinski definition) is 8. The molecule has 3 aromatic rings. The summed E-state index contributed by atoms with van der Waals surface area (Å²) in [5, 5.41) is 19.4. The van der Waals surface area contributed by atoms with E-state index in [0.29, 0.717) is 45.9 Å². The second-order valence-corrected chi connectivity index (χ2v) is 6.97. The molecule has 2 N–H and O–H groups in total. The number of aromatic nitrogens is 4. The molecule has 0 spiro atoms. The highest BCUT2D eigenvalue weighted by atomic mass is 79.9. The summed E-state index contributed by atoms with van der Waals surface area (Å²) in [6, 6.07) is 7.33. The van der Waals surface area contributed by atoms with Crippen molar-refractivity contribution in [1.82, 2.24) is 19.7 Å². The predicted molar refractivity (Wildman–Crippen MR) is 115 cm³/mol. The number of rotatable bonds is 7. The van der Waals surface area contributed by atoms with Crippen LogP contribution in [0.1, 0.15) is 24.5 Å². The molecular formula is C19H20BrN7O3. The second-order valence-electron chi connectivity index (χ2n) is 6.22. The van der Waals surface area contributed by atoms with Crippen LogP contribution in [0.3, 0.4) is 0 Å². The third-order valence-corrected chi connectivity index (χ3v) is 4.76. The number of nitrogens with one attached hydrogen (secondary N) is 2. The zero-order chi connectivity index (χ0) is 21.7. The standard InChI is InChI=1S/C19H20BrN7O3/c1-4-7-22-17-15-14(23-18(24-17)25-19(28)30-3)16(20)26-27(15)10-12-6-5-11(9-21)8-13(12)29-2/h5-6,8H,4,7,10H2,1-3H3,(H2,22,23,24,25,28). The lowest BCUT2D eigenvalue weighted by atomic mass is 10.1. The number of carbonyl (C=O) groups excluding carboxylic acids is 1. The molecule has 0 bridgehead atoms. The Balaban J connectivity index is 2.09. The highest BCUT2D eigenvalue weighted by molar-refractivity contribution is 9.10. The highest BCUT2D eigenvalue weighted by Gasteiger charge is 2.19. The van der Waals surface area contributed by atoms with E-state index in [1.807, 2.05) is 13.0 Å². The summed E-state index contributed by atoms with van der Waals surface area (Å²) in [6.07, 6.45) is 0.214. The first-order chi connectivity index (χ1) is 14.5. The maximum atomic E-state index is 11.6. The minimum Gasteiger partial charge on any atom is -0.496 e. The summed E-state index contributed by atoms with van der Waals surface area (Å²) in [4.78, 5) is 20.4. The van der Waals surface area contributed by atoms with E-state index in [1.54, 1.807) is 23.9 Å². The first kappa shape index (κ1) is 21.3. The molecule has 0 saturated carbocycles. The molecule has 3 rings (SSSR count). The van der Waals surface area contributed by atoms with Crippen LogP contribution in [0.15, 0.2) is 22.8 Å². The third-order valence-electron chi connectivity index (χ3n) is 4.22. The average molecular weight is 474 g/mol. The summed E-state index contributed by atoms with van der Waals surface area (Å²) < 4.78 is 12.3. The molecule has 2 aromatic heterocycles. The van der Waals surface area contributed by atoms with Crippen molar-refractivity contribution < 1.29 is 14.3 Å². The summed E-state index contributed by atoms with van der Waals surface area (Å²) in [6.45, 7) is 3.07. The molecule has 0 atom stereocenters. The second kappa shape index (κ2) is 9.41. The van der Waals surface area contributed by atoms with Gasteiger partial charge in [-0.25, -0.2) is 9.78 Å². The van der Waals surface area contributed by atoms with Crippen molar-refractivity contribution in [2.24, 2.45) is 0 Å². The zero-order valence-electron chi connectivity index (χ0n) is 16.7.